The smallest absolute Gasteiger partial charge is 0.0989 e. The summed E-state index contributed by atoms with van der Waals surface area (Å²) in [6.45, 7) is 4.02. The Morgan fingerprint density at radius 2 is 1.89 bits per heavy atom. The lowest BCUT2D eigenvalue weighted by Crippen LogP contribution is -2.29. The summed E-state index contributed by atoms with van der Waals surface area (Å²) < 4.78 is 10.4. The molecule has 0 spiro atoms. The van der Waals surface area contributed by atoms with E-state index in [1.165, 1.54) is 0 Å². The Labute approximate surface area is 55.5 Å². The first-order valence-electron chi connectivity index (χ1n) is 3.23. The Kier molecular flexibility index (Phi) is 2.97. The summed E-state index contributed by atoms with van der Waals surface area (Å²) in [6, 6.07) is 0. The molecule has 0 N–H and O–H groups in total. The van der Waals surface area contributed by atoms with E-state index in [0.717, 1.165) is 33.1 Å². The number of likely N-dealkylation sites (N-methyl/N-ethyl adjacent to an activating group) is 1. The lowest BCUT2D eigenvalue weighted by molar-refractivity contribution is -0.0347. The van der Waals surface area contributed by atoms with Gasteiger partial charge in [-0.05, 0) is 7.05 Å². The molecule has 1 aliphatic rings. The van der Waals surface area contributed by atoms with E-state index in [-0.39, 0.29) is 0 Å². The summed E-state index contributed by atoms with van der Waals surface area (Å²) in [4.78, 5) is 2.10. The van der Waals surface area contributed by atoms with Crippen molar-refractivity contribution in [3.63, 3.8) is 0 Å². The fourth-order valence-electron chi connectivity index (χ4n) is 0.725. The standard InChI is InChI=1S/C6H13NO2/c1-7-2-3-8-4-5-9-6-7/h2-6H2,1H3. The van der Waals surface area contributed by atoms with Gasteiger partial charge >= 0.3 is 0 Å². The Hall–Kier alpha value is -0.120. The van der Waals surface area contributed by atoms with E-state index >= 15 is 0 Å². The largest absolute Gasteiger partial charge is 0.378 e. The topological polar surface area (TPSA) is 21.7 Å². The monoisotopic (exact) mass is 131 g/mol. The summed E-state index contributed by atoms with van der Waals surface area (Å²) in [5.74, 6) is 0. The summed E-state index contributed by atoms with van der Waals surface area (Å²) >= 11 is 0. The van der Waals surface area contributed by atoms with Gasteiger partial charge in [-0.1, -0.05) is 0 Å². The van der Waals surface area contributed by atoms with Gasteiger partial charge in [0.25, 0.3) is 0 Å². The summed E-state index contributed by atoms with van der Waals surface area (Å²) in [5, 5.41) is 0. The highest BCUT2D eigenvalue weighted by molar-refractivity contribution is 4.46. The lowest BCUT2D eigenvalue weighted by atomic mass is 10.6. The molecule has 0 aliphatic carbocycles. The molecule has 0 saturated carbocycles. The van der Waals surface area contributed by atoms with E-state index in [9.17, 15) is 0 Å². The highest BCUT2D eigenvalue weighted by atomic mass is 16.5. The van der Waals surface area contributed by atoms with Gasteiger partial charge in [0, 0.05) is 6.54 Å². The predicted octanol–water partition coefficient (Wildman–Crippen LogP) is -0.0775. The Bertz CT molecular complexity index is 69.5. The van der Waals surface area contributed by atoms with Crippen LogP contribution in [0.2, 0.25) is 0 Å². The molecule has 0 amide bonds. The van der Waals surface area contributed by atoms with Crippen molar-refractivity contribution in [1.82, 2.24) is 4.90 Å². The SMILES string of the molecule is CN1CCOCCOC1. The van der Waals surface area contributed by atoms with E-state index in [2.05, 4.69) is 4.90 Å². The average molecular weight is 131 g/mol. The van der Waals surface area contributed by atoms with E-state index in [1.54, 1.807) is 0 Å². The first kappa shape index (κ1) is 6.99. The zero-order valence-corrected chi connectivity index (χ0v) is 5.80. The van der Waals surface area contributed by atoms with Gasteiger partial charge < -0.3 is 9.47 Å². The molecule has 0 aromatic rings. The molecule has 1 aliphatic heterocycles. The van der Waals surface area contributed by atoms with Crippen LogP contribution in [0, 0.1) is 0 Å². The highest BCUT2D eigenvalue weighted by Gasteiger charge is 2.00. The minimum atomic E-state index is 0.727. The van der Waals surface area contributed by atoms with Crippen LogP contribution in [0.25, 0.3) is 0 Å². The second kappa shape index (κ2) is 3.82. The van der Waals surface area contributed by atoms with Crippen molar-refractivity contribution in [2.24, 2.45) is 0 Å². The van der Waals surface area contributed by atoms with Gasteiger partial charge in [-0.25, -0.2) is 0 Å². The third-order valence-corrected chi connectivity index (χ3v) is 1.30. The molecule has 9 heavy (non-hydrogen) atoms. The molecular weight excluding hydrogens is 118 g/mol. The second-order valence-electron chi connectivity index (χ2n) is 2.23. The van der Waals surface area contributed by atoms with Crippen LogP contribution >= 0.6 is 0 Å². The van der Waals surface area contributed by atoms with Crippen LogP contribution in [0.4, 0.5) is 0 Å². The third-order valence-electron chi connectivity index (χ3n) is 1.30. The molecule has 3 nitrogen and oxygen atoms in total. The van der Waals surface area contributed by atoms with Crippen LogP contribution in [0.15, 0.2) is 0 Å². The third kappa shape index (κ3) is 2.79. The molecule has 0 radical (unpaired) electrons. The minimum absolute atomic E-state index is 0.727. The van der Waals surface area contributed by atoms with Crippen LogP contribution in [-0.2, 0) is 9.47 Å². The lowest BCUT2D eigenvalue weighted by Gasteiger charge is -2.19. The van der Waals surface area contributed by atoms with Crippen molar-refractivity contribution in [3.8, 4) is 0 Å². The number of nitrogens with zero attached hydrogens (tertiary/aromatic N) is 1. The molecule has 54 valence electrons. The second-order valence-corrected chi connectivity index (χ2v) is 2.23. The van der Waals surface area contributed by atoms with Gasteiger partial charge in [-0.15, -0.1) is 0 Å². The first-order chi connectivity index (χ1) is 4.39. The summed E-state index contributed by atoms with van der Waals surface area (Å²) in [5.41, 5.74) is 0. The predicted molar refractivity (Wildman–Crippen MR) is 34.3 cm³/mol. The van der Waals surface area contributed by atoms with Crippen molar-refractivity contribution in [1.29, 1.82) is 0 Å². The molecule has 0 unspecified atom stereocenters. The molecule has 1 heterocycles. The van der Waals surface area contributed by atoms with Crippen molar-refractivity contribution < 1.29 is 9.47 Å². The Morgan fingerprint density at radius 3 is 2.78 bits per heavy atom. The van der Waals surface area contributed by atoms with Crippen LogP contribution in [-0.4, -0.2) is 45.0 Å². The summed E-state index contributed by atoms with van der Waals surface area (Å²) in [6.07, 6.45) is 0. The molecule has 0 bridgehead atoms. The van der Waals surface area contributed by atoms with Gasteiger partial charge in [0.05, 0.1) is 26.6 Å². The van der Waals surface area contributed by atoms with E-state index in [0.29, 0.717) is 0 Å². The van der Waals surface area contributed by atoms with Gasteiger partial charge in [-0.2, -0.15) is 0 Å². The van der Waals surface area contributed by atoms with Crippen molar-refractivity contribution in [3.05, 3.63) is 0 Å². The summed E-state index contributed by atoms with van der Waals surface area (Å²) in [7, 11) is 2.02. The fourth-order valence-corrected chi connectivity index (χ4v) is 0.725. The number of hydrogen-bond donors (Lipinski definition) is 0. The molecule has 0 atom stereocenters. The minimum Gasteiger partial charge on any atom is -0.378 e. The van der Waals surface area contributed by atoms with Gasteiger partial charge in [-0.3, -0.25) is 4.90 Å². The number of ether oxygens (including phenoxy) is 2. The molecule has 1 rings (SSSR count). The van der Waals surface area contributed by atoms with Crippen molar-refractivity contribution >= 4 is 0 Å². The van der Waals surface area contributed by atoms with Crippen molar-refractivity contribution in [2.75, 3.05) is 40.1 Å². The maximum atomic E-state index is 5.19. The molecule has 0 aromatic carbocycles. The average Bonchev–Trinajstić information content (AvgIpc) is 1.79. The maximum absolute atomic E-state index is 5.19. The van der Waals surface area contributed by atoms with Crippen LogP contribution < -0.4 is 0 Å². The van der Waals surface area contributed by atoms with Crippen molar-refractivity contribution in [2.45, 2.75) is 0 Å². The quantitative estimate of drug-likeness (QED) is 0.459. The molecule has 0 aromatic heterocycles. The zero-order valence-electron chi connectivity index (χ0n) is 5.80. The number of rotatable bonds is 0. The van der Waals surface area contributed by atoms with Crippen LogP contribution in [0.1, 0.15) is 0 Å². The molecular formula is C6H13NO2. The van der Waals surface area contributed by atoms with E-state index < -0.39 is 0 Å². The van der Waals surface area contributed by atoms with E-state index in [4.69, 9.17) is 9.47 Å². The van der Waals surface area contributed by atoms with Crippen LogP contribution in [0.5, 0.6) is 0 Å². The first-order valence-corrected chi connectivity index (χ1v) is 3.23. The Balaban J connectivity index is 2.12. The van der Waals surface area contributed by atoms with Gasteiger partial charge in [0.15, 0.2) is 0 Å². The fraction of sp³-hybridized carbons (Fsp3) is 1.00. The van der Waals surface area contributed by atoms with Crippen LogP contribution in [0.3, 0.4) is 0 Å². The Morgan fingerprint density at radius 1 is 1.11 bits per heavy atom. The highest BCUT2D eigenvalue weighted by Crippen LogP contribution is 1.89. The molecule has 3 heteroatoms. The van der Waals surface area contributed by atoms with E-state index in [1.807, 2.05) is 7.05 Å². The zero-order chi connectivity index (χ0) is 6.53. The normalized spacial score (nSPS) is 25.0. The molecule has 1 fully saturated rings. The number of hydrogen-bond acceptors (Lipinski definition) is 3. The molecule has 1 saturated heterocycles. The van der Waals surface area contributed by atoms with Gasteiger partial charge in [0.2, 0.25) is 0 Å². The van der Waals surface area contributed by atoms with Gasteiger partial charge in [0.1, 0.15) is 0 Å². The maximum Gasteiger partial charge on any atom is 0.0989 e.